The molecular weight excluding hydrogens is 168 g/mol. The quantitative estimate of drug-likeness (QED) is 0.658. The summed E-state index contributed by atoms with van der Waals surface area (Å²) < 4.78 is 24.8. The van der Waals surface area contributed by atoms with Gasteiger partial charge in [0.15, 0.2) is 0 Å². The van der Waals surface area contributed by atoms with E-state index in [4.69, 9.17) is 0 Å². The maximum atomic E-state index is 11.7. The molecule has 0 fully saturated rings. The molecule has 0 unspecified atom stereocenters. The molecule has 1 rings (SSSR count). The second kappa shape index (κ2) is 3.38. The van der Waals surface area contributed by atoms with Crippen LogP contribution in [-0.2, 0) is 18.3 Å². The number of carbonyl (C=O) groups is 1. The summed E-state index contributed by atoms with van der Waals surface area (Å²) >= 11 is 0. The Morgan fingerprint density at radius 1 is 1.75 bits per heavy atom. The molecule has 0 aliphatic heterocycles. The van der Waals surface area contributed by atoms with Crippen molar-refractivity contribution < 1.29 is 13.6 Å². The molecule has 6 heteroatoms. The molecule has 1 aromatic rings. The highest BCUT2D eigenvalue weighted by molar-refractivity contribution is 5.83. The number of Topliss-reactive ketones (excluding diaryl/α,β-unsaturated/α-hetero) is 1. The topological polar surface area (TPSA) is 47.8 Å². The van der Waals surface area contributed by atoms with Gasteiger partial charge in [0.1, 0.15) is 0 Å². The molecule has 0 N–H and O–H groups in total. The third-order valence-corrected chi connectivity index (χ3v) is 1.25. The molecule has 0 saturated carbocycles. The van der Waals surface area contributed by atoms with Crippen LogP contribution in [0.15, 0.2) is 6.20 Å². The summed E-state index contributed by atoms with van der Waals surface area (Å²) in [6.45, 7) is 0. The zero-order valence-electron chi connectivity index (χ0n) is 6.37. The lowest BCUT2D eigenvalue weighted by Crippen LogP contribution is -2.12. The molecule has 1 aromatic heterocycles. The van der Waals surface area contributed by atoms with Crippen molar-refractivity contribution >= 4 is 5.78 Å². The van der Waals surface area contributed by atoms with Gasteiger partial charge in [-0.3, -0.25) is 9.48 Å². The van der Waals surface area contributed by atoms with Crippen LogP contribution < -0.4 is 0 Å². The first-order valence-electron chi connectivity index (χ1n) is 3.25. The average molecular weight is 175 g/mol. The molecule has 0 bridgehead atoms. The predicted molar refractivity (Wildman–Crippen MR) is 35.7 cm³/mol. The SMILES string of the molecule is Cn1cc(CC(=O)C(F)F)nn1. The van der Waals surface area contributed by atoms with E-state index in [2.05, 4.69) is 10.3 Å². The van der Waals surface area contributed by atoms with Crippen LogP contribution in [0.5, 0.6) is 0 Å². The van der Waals surface area contributed by atoms with Gasteiger partial charge >= 0.3 is 0 Å². The Morgan fingerprint density at radius 3 is 2.83 bits per heavy atom. The van der Waals surface area contributed by atoms with Crippen molar-refractivity contribution in [1.29, 1.82) is 0 Å². The van der Waals surface area contributed by atoms with Crippen molar-refractivity contribution in [2.24, 2.45) is 7.05 Å². The summed E-state index contributed by atoms with van der Waals surface area (Å²) in [5.41, 5.74) is 0.266. The van der Waals surface area contributed by atoms with Gasteiger partial charge in [-0.1, -0.05) is 5.21 Å². The summed E-state index contributed by atoms with van der Waals surface area (Å²) in [5, 5.41) is 7.00. The third-order valence-electron chi connectivity index (χ3n) is 1.25. The number of nitrogens with zero attached hydrogens (tertiary/aromatic N) is 3. The second-order valence-electron chi connectivity index (χ2n) is 2.33. The molecule has 0 amide bonds. The van der Waals surface area contributed by atoms with E-state index in [1.54, 1.807) is 7.05 Å². The summed E-state index contributed by atoms with van der Waals surface area (Å²) in [5.74, 6) is -1.13. The number of hydrogen-bond acceptors (Lipinski definition) is 3. The molecule has 0 radical (unpaired) electrons. The number of hydrogen-bond donors (Lipinski definition) is 0. The first kappa shape index (κ1) is 8.76. The van der Waals surface area contributed by atoms with Gasteiger partial charge in [0.25, 0.3) is 6.43 Å². The molecule has 1 heterocycles. The zero-order chi connectivity index (χ0) is 9.14. The Balaban J connectivity index is 2.58. The van der Waals surface area contributed by atoms with Gasteiger partial charge in [-0.05, 0) is 0 Å². The Hall–Kier alpha value is -1.33. The van der Waals surface area contributed by atoms with Crippen LogP contribution in [0, 0.1) is 0 Å². The molecule has 0 spiro atoms. The first-order chi connectivity index (χ1) is 5.59. The van der Waals surface area contributed by atoms with Crippen molar-refractivity contribution in [2.75, 3.05) is 0 Å². The Morgan fingerprint density at radius 2 is 2.42 bits per heavy atom. The minimum absolute atomic E-state index is 0.266. The Kier molecular flexibility index (Phi) is 2.47. The number of carbonyl (C=O) groups excluding carboxylic acids is 1. The molecule has 66 valence electrons. The standard InChI is InChI=1S/C6H7F2N3O/c1-11-3-4(9-10-11)2-5(12)6(7)8/h3,6H,2H2,1H3. The number of aryl methyl sites for hydroxylation is 1. The first-order valence-corrected chi connectivity index (χ1v) is 3.25. The fraction of sp³-hybridized carbons (Fsp3) is 0.500. The van der Waals surface area contributed by atoms with Crippen molar-refractivity contribution in [1.82, 2.24) is 15.0 Å². The van der Waals surface area contributed by atoms with Gasteiger partial charge in [-0.2, -0.15) is 0 Å². The highest BCUT2D eigenvalue weighted by Crippen LogP contribution is 2.00. The second-order valence-corrected chi connectivity index (χ2v) is 2.33. The van der Waals surface area contributed by atoms with E-state index in [1.165, 1.54) is 10.9 Å². The van der Waals surface area contributed by atoms with Crippen LogP contribution in [0.2, 0.25) is 0 Å². The normalized spacial score (nSPS) is 10.7. The van der Waals surface area contributed by atoms with Crippen LogP contribution in [0.25, 0.3) is 0 Å². The molecule has 0 atom stereocenters. The number of halogens is 2. The predicted octanol–water partition coefficient (Wildman–Crippen LogP) is 0.192. The van der Waals surface area contributed by atoms with E-state index in [-0.39, 0.29) is 12.1 Å². The molecule has 4 nitrogen and oxygen atoms in total. The Bertz CT molecular complexity index is 284. The molecular formula is C6H7F2N3O. The van der Waals surface area contributed by atoms with Gasteiger partial charge < -0.3 is 0 Å². The van der Waals surface area contributed by atoms with Crippen molar-refractivity contribution in [3.05, 3.63) is 11.9 Å². The monoisotopic (exact) mass is 175 g/mol. The van der Waals surface area contributed by atoms with Crippen LogP contribution in [0.4, 0.5) is 8.78 Å². The summed E-state index contributed by atoms with van der Waals surface area (Å²) in [7, 11) is 1.60. The summed E-state index contributed by atoms with van der Waals surface area (Å²) in [6, 6.07) is 0. The van der Waals surface area contributed by atoms with E-state index in [0.717, 1.165) is 0 Å². The summed E-state index contributed by atoms with van der Waals surface area (Å²) in [4.78, 5) is 10.5. The number of rotatable bonds is 3. The minimum atomic E-state index is -2.92. The van der Waals surface area contributed by atoms with Crippen LogP contribution in [0.3, 0.4) is 0 Å². The van der Waals surface area contributed by atoms with Crippen molar-refractivity contribution in [3.8, 4) is 0 Å². The third kappa shape index (κ3) is 2.08. The van der Waals surface area contributed by atoms with Crippen molar-refractivity contribution in [2.45, 2.75) is 12.8 Å². The van der Waals surface area contributed by atoms with Crippen LogP contribution in [-0.4, -0.2) is 27.2 Å². The van der Waals surface area contributed by atoms with Crippen LogP contribution in [0.1, 0.15) is 5.69 Å². The fourth-order valence-electron chi connectivity index (χ4n) is 0.732. The van der Waals surface area contributed by atoms with Gasteiger partial charge in [0.05, 0.1) is 12.1 Å². The fourth-order valence-corrected chi connectivity index (χ4v) is 0.732. The number of ketones is 1. The lowest BCUT2D eigenvalue weighted by molar-refractivity contribution is -0.128. The van der Waals surface area contributed by atoms with E-state index in [0.29, 0.717) is 0 Å². The lowest BCUT2D eigenvalue weighted by Gasteiger charge is -1.93. The van der Waals surface area contributed by atoms with Crippen LogP contribution >= 0.6 is 0 Å². The van der Waals surface area contributed by atoms with Gasteiger partial charge in [-0.25, -0.2) is 8.78 Å². The van der Waals surface area contributed by atoms with Gasteiger partial charge in [0, 0.05) is 13.2 Å². The highest BCUT2D eigenvalue weighted by atomic mass is 19.3. The molecule has 0 aliphatic rings. The van der Waals surface area contributed by atoms with Crippen molar-refractivity contribution in [3.63, 3.8) is 0 Å². The van der Waals surface area contributed by atoms with E-state index in [9.17, 15) is 13.6 Å². The molecule has 12 heavy (non-hydrogen) atoms. The van der Waals surface area contributed by atoms with E-state index >= 15 is 0 Å². The minimum Gasteiger partial charge on any atom is -0.293 e. The smallest absolute Gasteiger partial charge is 0.293 e. The highest BCUT2D eigenvalue weighted by Gasteiger charge is 2.16. The number of alkyl halides is 2. The lowest BCUT2D eigenvalue weighted by atomic mass is 10.2. The summed E-state index contributed by atoms with van der Waals surface area (Å²) in [6.07, 6.45) is -1.85. The molecule has 0 saturated heterocycles. The van der Waals surface area contributed by atoms with Gasteiger partial charge in [-0.15, -0.1) is 5.10 Å². The molecule has 0 aliphatic carbocycles. The van der Waals surface area contributed by atoms with E-state index < -0.39 is 12.2 Å². The molecule has 0 aromatic carbocycles. The maximum Gasteiger partial charge on any atom is 0.296 e. The average Bonchev–Trinajstić information content (AvgIpc) is 2.35. The maximum absolute atomic E-state index is 11.7. The Labute approximate surface area is 67.2 Å². The van der Waals surface area contributed by atoms with Gasteiger partial charge in [0.2, 0.25) is 5.78 Å². The number of aromatic nitrogens is 3. The van der Waals surface area contributed by atoms with E-state index in [1.807, 2.05) is 0 Å². The zero-order valence-corrected chi connectivity index (χ0v) is 6.37. The largest absolute Gasteiger partial charge is 0.296 e.